The highest BCUT2D eigenvalue weighted by Gasteiger charge is 2.33. The third kappa shape index (κ3) is 5.94. The summed E-state index contributed by atoms with van der Waals surface area (Å²) in [4.78, 5) is 44.4. The van der Waals surface area contributed by atoms with Gasteiger partial charge in [-0.1, -0.05) is 49.4 Å². The minimum atomic E-state index is -0.652. The summed E-state index contributed by atoms with van der Waals surface area (Å²) in [6.07, 6.45) is 3.76. The fourth-order valence-electron chi connectivity index (χ4n) is 3.95. The van der Waals surface area contributed by atoms with Crippen molar-refractivity contribution in [3.05, 3.63) is 90.6 Å². The summed E-state index contributed by atoms with van der Waals surface area (Å²) in [5, 5.41) is 0. The first-order valence-corrected chi connectivity index (χ1v) is 13.8. The number of carbonyl (C=O) groups is 2. The van der Waals surface area contributed by atoms with Gasteiger partial charge in [-0.25, -0.2) is 9.79 Å². The Labute approximate surface area is 223 Å². The molecule has 0 bridgehead atoms. The van der Waals surface area contributed by atoms with Crippen molar-refractivity contribution < 1.29 is 19.1 Å². The van der Waals surface area contributed by atoms with Gasteiger partial charge in [-0.3, -0.25) is 14.2 Å². The fraction of sp³-hybridized carbons (Fsp3) is 0.286. The largest absolute Gasteiger partial charge is 0.462 e. The standard InChI is InChI=1S/C28H28N2O5S2/c1-16(2)15-34-27(33)24-17(3)29-28-30(25(24)20-8-12-22(36-5)13-9-20)26(32)23(37-28)14-19-6-10-21(11-7-19)35-18(4)31/h6-14,16,25H,15H2,1-5H3. The van der Waals surface area contributed by atoms with Crippen LogP contribution < -0.4 is 19.6 Å². The van der Waals surface area contributed by atoms with Gasteiger partial charge in [0.1, 0.15) is 5.75 Å². The van der Waals surface area contributed by atoms with Crippen LogP contribution in [0.25, 0.3) is 6.08 Å². The Morgan fingerprint density at radius 2 is 1.81 bits per heavy atom. The number of hydrogen-bond acceptors (Lipinski definition) is 8. The number of thiazole rings is 1. The van der Waals surface area contributed by atoms with E-state index in [-0.39, 0.29) is 18.1 Å². The van der Waals surface area contributed by atoms with Gasteiger partial charge in [0.15, 0.2) is 4.80 Å². The van der Waals surface area contributed by atoms with Gasteiger partial charge < -0.3 is 9.47 Å². The average molecular weight is 537 g/mol. The maximum Gasteiger partial charge on any atom is 0.338 e. The Kier molecular flexibility index (Phi) is 8.14. The van der Waals surface area contributed by atoms with Gasteiger partial charge in [-0.15, -0.1) is 11.8 Å². The van der Waals surface area contributed by atoms with Gasteiger partial charge in [0.25, 0.3) is 5.56 Å². The number of thioether (sulfide) groups is 1. The van der Waals surface area contributed by atoms with Crippen molar-refractivity contribution in [3.63, 3.8) is 0 Å². The predicted molar refractivity (Wildman–Crippen MR) is 146 cm³/mol. The third-order valence-electron chi connectivity index (χ3n) is 5.66. The molecular weight excluding hydrogens is 508 g/mol. The molecule has 0 radical (unpaired) electrons. The molecule has 0 spiro atoms. The van der Waals surface area contributed by atoms with Crippen molar-refractivity contribution in [2.75, 3.05) is 12.9 Å². The number of hydrogen-bond donors (Lipinski definition) is 0. The van der Waals surface area contributed by atoms with Gasteiger partial charge in [0, 0.05) is 11.8 Å². The number of rotatable bonds is 7. The molecule has 1 aliphatic heterocycles. The van der Waals surface area contributed by atoms with Crippen molar-refractivity contribution in [2.45, 2.75) is 38.6 Å². The van der Waals surface area contributed by atoms with E-state index in [0.29, 0.717) is 26.4 Å². The van der Waals surface area contributed by atoms with Crippen LogP contribution in [0.3, 0.4) is 0 Å². The van der Waals surface area contributed by atoms with Gasteiger partial charge in [-0.2, -0.15) is 0 Å². The molecule has 0 amide bonds. The Balaban J connectivity index is 1.83. The molecule has 37 heavy (non-hydrogen) atoms. The fourth-order valence-corrected chi connectivity index (χ4v) is 5.41. The van der Waals surface area contributed by atoms with Crippen LogP contribution >= 0.6 is 23.1 Å². The first-order chi connectivity index (χ1) is 17.7. The smallest absolute Gasteiger partial charge is 0.338 e. The topological polar surface area (TPSA) is 87.0 Å². The molecule has 0 fully saturated rings. The molecule has 192 valence electrons. The minimum Gasteiger partial charge on any atom is -0.462 e. The van der Waals surface area contributed by atoms with E-state index in [0.717, 1.165) is 16.0 Å². The first kappa shape index (κ1) is 26.6. The van der Waals surface area contributed by atoms with Crippen molar-refractivity contribution in [3.8, 4) is 5.75 Å². The predicted octanol–water partition coefficient (Wildman–Crippen LogP) is 4.08. The number of carbonyl (C=O) groups excluding carboxylic acids is 2. The highest BCUT2D eigenvalue weighted by molar-refractivity contribution is 7.98. The van der Waals surface area contributed by atoms with E-state index in [4.69, 9.17) is 9.47 Å². The van der Waals surface area contributed by atoms with E-state index in [2.05, 4.69) is 4.99 Å². The van der Waals surface area contributed by atoms with Gasteiger partial charge in [0.05, 0.1) is 28.5 Å². The first-order valence-electron chi connectivity index (χ1n) is 11.8. The quantitative estimate of drug-likeness (QED) is 0.257. The summed E-state index contributed by atoms with van der Waals surface area (Å²) in [6, 6.07) is 14.1. The second-order valence-corrected chi connectivity index (χ2v) is 10.9. The number of fused-ring (bicyclic) bond motifs is 1. The Bertz CT molecular complexity index is 1530. The Morgan fingerprint density at radius 1 is 1.14 bits per heavy atom. The van der Waals surface area contributed by atoms with Crippen molar-refractivity contribution in [1.82, 2.24) is 4.57 Å². The summed E-state index contributed by atoms with van der Waals surface area (Å²) in [7, 11) is 0. The molecular formula is C28H28N2O5S2. The second kappa shape index (κ2) is 11.3. The van der Waals surface area contributed by atoms with E-state index in [1.807, 2.05) is 44.4 Å². The van der Waals surface area contributed by atoms with Crippen LogP contribution in [0.2, 0.25) is 0 Å². The normalized spacial score (nSPS) is 15.4. The van der Waals surface area contributed by atoms with Crippen LogP contribution in [0, 0.1) is 5.92 Å². The van der Waals surface area contributed by atoms with Crippen LogP contribution in [0.15, 0.2) is 74.5 Å². The molecule has 1 aromatic heterocycles. The lowest BCUT2D eigenvalue weighted by Crippen LogP contribution is -2.40. The summed E-state index contributed by atoms with van der Waals surface area (Å²) in [5.74, 6) is -0.258. The van der Waals surface area contributed by atoms with Gasteiger partial charge in [-0.05, 0) is 60.6 Å². The minimum absolute atomic E-state index is 0.178. The van der Waals surface area contributed by atoms with Gasteiger partial charge in [0.2, 0.25) is 0 Å². The summed E-state index contributed by atoms with van der Waals surface area (Å²) < 4.78 is 12.7. The second-order valence-electron chi connectivity index (χ2n) is 9.01. The van der Waals surface area contributed by atoms with E-state index >= 15 is 0 Å². The van der Waals surface area contributed by atoms with Crippen LogP contribution in [0.1, 0.15) is 44.9 Å². The number of esters is 2. The number of aromatic nitrogens is 1. The highest BCUT2D eigenvalue weighted by Crippen LogP contribution is 2.31. The van der Waals surface area contributed by atoms with Crippen LogP contribution in [0.4, 0.5) is 0 Å². The molecule has 1 unspecified atom stereocenters. The number of ether oxygens (including phenoxy) is 2. The lowest BCUT2D eigenvalue weighted by atomic mass is 9.96. The van der Waals surface area contributed by atoms with Crippen molar-refractivity contribution in [1.29, 1.82) is 0 Å². The number of allylic oxidation sites excluding steroid dienone is 1. The molecule has 0 saturated heterocycles. The zero-order valence-electron chi connectivity index (χ0n) is 21.3. The molecule has 3 aromatic rings. The van der Waals surface area contributed by atoms with Crippen LogP contribution in [-0.4, -0.2) is 29.4 Å². The monoisotopic (exact) mass is 536 g/mol. The van der Waals surface area contributed by atoms with Crippen molar-refractivity contribution >= 4 is 41.1 Å². The summed E-state index contributed by atoms with van der Waals surface area (Å²) in [6.45, 7) is 7.34. The maximum atomic E-state index is 13.7. The Hall–Kier alpha value is -3.43. The lowest BCUT2D eigenvalue weighted by molar-refractivity contribution is -0.140. The molecule has 9 heteroatoms. The number of nitrogens with zero attached hydrogens (tertiary/aromatic N) is 2. The molecule has 0 N–H and O–H groups in total. The van der Waals surface area contributed by atoms with Gasteiger partial charge >= 0.3 is 11.9 Å². The van der Waals surface area contributed by atoms with E-state index in [9.17, 15) is 14.4 Å². The zero-order chi connectivity index (χ0) is 26.7. The van der Waals surface area contributed by atoms with Crippen LogP contribution in [0.5, 0.6) is 5.75 Å². The molecule has 0 aliphatic carbocycles. The SMILES string of the molecule is CSc1ccc(C2C(C(=O)OCC(C)C)=C(C)N=c3sc(=Cc4ccc(OC(C)=O)cc4)c(=O)n32)cc1. The molecule has 7 nitrogen and oxygen atoms in total. The Morgan fingerprint density at radius 3 is 2.41 bits per heavy atom. The molecule has 0 saturated carbocycles. The summed E-state index contributed by atoms with van der Waals surface area (Å²) in [5.41, 5.74) is 2.23. The zero-order valence-corrected chi connectivity index (χ0v) is 22.9. The number of benzene rings is 2. The average Bonchev–Trinajstić information content (AvgIpc) is 3.16. The molecule has 2 aromatic carbocycles. The van der Waals surface area contributed by atoms with Crippen LogP contribution in [-0.2, 0) is 14.3 Å². The lowest BCUT2D eigenvalue weighted by Gasteiger charge is -2.25. The van der Waals surface area contributed by atoms with E-state index in [1.165, 1.54) is 18.3 Å². The molecule has 1 aliphatic rings. The maximum absolute atomic E-state index is 13.7. The molecule has 4 rings (SSSR count). The molecule has 2 heterocycles. The van der Waals surface area contributed by atoms with E-state index < -0.39 is 18.0 Å². The van der Waals surface area contributed by atoms with E-state index in [1.54, 1.807) is 53.6 Å². The third-order valence-corrected chi connectivity index (χ3v) is 7.39. The molecule has 1 atom stereocenters. The van der Waals surface area contributed by atoms with Crippen molar-refractivity contribution in [2.24, 2.45) is 10.9 Å². The highest BCUT2D eigenvalue weighted by atomic mass is 32.2. The summed E-state index contributed by atoms with van der Waals surface area (Å²) >= 11 is 2.89.